The first-order valence-electron chi connectivity index (χ1n) is 5.70. The van der Waals surface area contributed by atoms with Gasteiger partial charge in [0.2, 0.25) is 5.91 Å². The van der Waals surface area contributed by atoms with Crippen LogP contribution in [0, 0.1) is 0 Å². The number of hydrogen-bond donors (Lipinski definition) is 3. The minimum Gasteiger partial charge on any atom is -0.356 e. The average Bonchev–Trinajstić information content (AvgIpc) is 2.36. The van der Waals surface area contributed by atoms with E-state index in [9.17, 15) is 27.9 Å². The Labute approximate surface area is 111 Å². The lowest BCUT2D eigenvalue weighted by atomic mass is 10.0. The molecule has 2 rings (SSSR count). The molecule has 1 aromatic carbocycles. The molecule has 0 saturated carbocycles. The van der Waals surface area contributed by atoms with Gasteiger partial charge in [-0.25, -0.2) is 0 Å². The van der Waals surface area contributed by atoms with Crippen LogP contribution in [0.25, 0.3) is 0 Å². The summed E-state index contributed by atoms with van der Waals surface area (Å²) < 4.78 is 37.7. The fourth-order valence-corrected chi connectivity index (χ4v) is 1.84. The van der Waals surface area contributed by atoms with E-state index in [2.05, 4.69) is 0 Å². The molecule has 108 valence electrons. The van der Waals surface area contributed by atoms with E-state index >= 15 is 0 Å². The lowest BCUT2D eigenvalue weighted by molar-refractivity contribution is -0.264. The maximum atomic E-state index is 12.6. The van der Waals surface area contributed by atoms with Gasteiger partial charge in [-0.2, -0.15) is 13.2 Å². The zero-order valence-corrected chi connectivity index (χ0v) is 10.1. The number of piperazine rings is 1. The molecule has 8 heteroatoms. The van der Waals surface area contributed by atoms with E-state index in [0.29, 0.717) is 5.56 Å². The average molecular weight is 288 g/mol. The Morgan fingerprint density at radius 2 is 1.80 bits per heavy atom. The molecule has 20 heavy (non-hydrogen) atoms. The molecule has 0 unspecified atom stereocenters. The van der Waals surface area contributed by atoms with Crippen LogP contribution >= 0.6 is 0 Å². The van der Waals surface area contributed by atoms with Gasteiger partial charge in [0.1, 0.15) is 6.04 Å². The first-order valence-corrected chi connectivity index (χ1v) is 5.70. The third-order valence-electron chi connectivity index (χ3n) is 2.95. The molecule has 2 atom stereocenters. The van der Waals surface area contributed by atoms with Crippen LogP contribution in [-0.2, 0) is 16.0 Å². The van der Waals surface area contributed by atoms with Crippen molar-refractivity contribution in [2.24, 2.45) is 0 Å². The Hall–Kier alpha value is -2.09. The smallest absolute Gasteiger partial charge is 0.356 e. The highest BCUT2D eigenvalue weighted by Gasteiger charge is 2.63. The Morgan fingerprint density at radius 1 is 1.20 bits per heavy atom. The van der Waals surface area contributed by atoms with Gasteiger partial charge in [-0.05, 0) is 5.56 Å². The van der Waals surface area contributed by atoms with Gasteiger partial charge in [0.15, 0.2) is 0 Å². The van der Waals surface area contributed by atoms with Crippen LogP contribution in [-0.4, -0.2) is 34.9 Å². The largest absolute Gasteiger partial charge is 0.446 e. The van der Waals surface area contributed by atoms with Gasteiger partial charge in [0.05, 0.1) is 0 Å². The molecule has 1 aromatic rings. The molecule has 0 aromatic heterocycles. The summed E-state index contributed by atoms with van der Waals surface area (Å²) in [6.45, 7) is 0. The summed E-state index contributed by atoms with van der Waals surface area (Å²) >= 11 is 0. The molecule has 1 heterocycles. The third kappa shape index (κ3) is 2.46. The monoisotopic (exact) mass is 288 g/mol. The van der Waals surface area contributed by atoms with Crippen molar-refractivity contribution in [3.05, 3.63) is 35.9 Å². The predicted molar refractivity (Wildman–Crippen MR) is 61.2 cm³/mol. The second kappa shape index (κ2) is 4.78. The van der Waals surface area contributed by atoms with Gasteiger partial charge in [0, 0.05) is 6.42 Å². The molecular formula is C12H11F3N2O3. The van der Waals surface area contributed by atoms with Crippen molar-refractivity contribution >= 4 is 11.8 Å². The number of aliphatic hydroxyl groups is 1. The predicted octanol–water partition coefficient (Wildman–Crippen LogP) is 0.0946. The maximum absolute atomic E-state index is 12.6. The van der Waals surface area contributed by atoms with Crippen molar-refractivity contribution in [2.45, 2.75) is 24.4 Å². The lowest BCUT2D eigenvalue weighted by Gasteiger charge is -2.36. The minimum atomic E-state index is -5.29. The number of benzene rings is 1. The quantitative estimate of drug-likeness (QED) is 0.722. The van der Waals surface area contributed by atoms with Crippen LogP contribution in [0.15, 0.2) is 30.3 Å². The Balaban J connectivity index is 2.15. The molecule has 0 aliphatic carbocycles. The zero-order chi connectivity index (χ0) is 15.0. The van der Waals surface area contributed by atoms with E-state index in [0.717, 1.165) is 0 Å². The Bertz CT molecular complexity index is 532. The Morgan fingerprint density at radius 3 is 2.35 bits per heavy atom. The molecule has 0 spiro atoms. The van der Waals surface area contributed by atoms with Crippen LogP contribution in [0.5, 0.6) is 0 Å². The molecule has 1 aliphatic heterocycles. The number of amides is 2. The van der Waals surface area contributed by atoms with Crippen LogP contribution < -0.4 is 10.6 Å². The lowest BCUT2D eigenvalue weighted by Crippen LogP contribution is -2.75. The van der Waals surface area contributed by atoms with Gasteiger partial charge in [0.25, 0.3) is 5.91 Å². The van der Waals surface area contributed by atoms with Gasteiger partial charge < -0.3 is 15.7 Å². The second-order valence-corrected chi connectivity index (χ2v) is 4.41. The Kier molecular flexibility index (Phi) is 3.43. The minimum absolute atomic E-state index is 0.0341. The molecule has 3 N–H and O–H groups in total. The molecule has 0 bridgehead atoms. The van der Waals surface area contributed by atoms with Crippen LogP contribution in [0.4, 0.5) is 13.2 Å². The third-order valence-corrected chi connectivity index (χ3v) is 2.95. The molecule has 2 amide bonds. The summed E-state index contributed by atoms with van der Waals surface area (Å²) in [5.41, 5.74) is -3.21. The topological polar surface area (TPSA) is 78.4 Å². The molecule has 1 saturated heterocycles. The second-order valence-electron chi connectivity index (χ2n) is 4.41. The number of rotatable bonds is 2. The number of carbonyl (C=O) groups excluding carboxylic acids is 2. The van der Waals surface area contributed by atoms with Crippen LogP contribution in [0.3, 0.4) is 0 Å². The van der Waals surface area contributed by atoms with Crippen molar-refractivity contribution in [3.63, 3.8) is 0 Å². The van der Waals surface area contributed by atoms with Crippen molar-refractivity contribution in [3.8, 4) is 0 Å². The van der Waals surface area contributed by atoms with Gasteiger partial charge >= 0.3 is 11.9 Å². The highest BCUT2D eigenvalue weighted by molar-refractivity contribution is 5.99. The molecular weight excluding hydrogens is 277 g/mol. The van der Waals surface area contributed by atoms with Gasteiger partial charge in [-0.15, -0.1) is 0 Å². The van der Waals surface area contributed by atoms with Crippen molar-refractivity contribution in [1.29, 1.82) is 0 Å². The van der Waals surface area contributed by atoms with E-state index in [1.807, 2.05) is 5.32 Å². The fourth-order valence-electron chi connectivity index (χ4n) is 1.84. The van der Waals surface area contributed by atoms with E-state index in [-0.39, 0.29) is 6.42 Å². The van der Waals surface area contributed by atoms with Gasteiger partial charge in [-0.1, -0.05) is 30.3 Å². The van der Waals surface area contributed by atoms with Crippen molar-refractivity contribution < 1.29 is 27.9 Å². The summed E-state index contributed by atoms with van der Waals surface area (Å²) in [6, 6.07) is 7.32. The van der Waals surface area contributed by atoms with Crippen molar-refractivity contribution in [1.82, 2.24) is 10.6 Å². The molecule has 1 fully saturated rings. The summed E-state index contributed by atoms with van der Waals surface area (Å²) in [5.74, 6) is -2.78. The van der Waals surface area contributed by atoms with E-state index in [1.165, 1.54) is 5.32 Å². The van der Waals surface area contributed by atoms with Crippen LogP contribution in [0.1, 0.15) is 5.56 Å². The number of carbonyl (C=O) groups is 2. The van der Waals surface area contributed by atoms with Crippen molar-refractivity contribution in [2.75, 3.05) is 0 Å². The number of nitrogens with one attached hydrogen (secondary N) is 2. The summed E-state index contributed by atoms with van der Waals surface area (Å²) in [5, 5.41) is 12.5. The van der Waals surface area contributed by atoms with E-state index < -0.39 is 29.8 Å². The highest BCUT2D eigenvalue weighted by Crippen LogP contribution is 2.30. The fraction of sp³-hybridized carbons (Fsp3) is 0.333. The molecule has 0 radical (unpaired) electrons. The first kappa shape index (κ1) is 14.3. The van der Waals surface area contributed by atoms with E-state index in [4.69, 9.17) is 0 Å². The maximum Gasteiger partial charge on any atom is 0.446 e. The summed E-state index contributed by atoms with van der Waals surface area (Å²) in [7, 11) is 0. The number of hydrogen-bond acceptors (Lipinski definition) is 3. The normalized spacial score (nSPS) is 26.9. The SMILES string of the molecule is O=C1N[C@@](O)(C(F)(F)F)C(=O)N[C@H]1Cc1ccccc1. The number of halogens is 3. The van der Waals surface area contributed by atoms with E-state index in [1.54, 1.807) is 30.3 Å². The molecule has 1 aliphatic rings. The summed E-state index contributed by atoms with van der Waals surface area (Å²) in [6.07, 6.45) is -5.25. The summed E-state index contributed by atoms with van der Waals surface area (Å²) in [4.78, 5) is 23.0. The zero-order valence-electron chi connectivity index (χ0n) is 10.1. The van der Waals surface area contributed by atoms with Crippen LogP contribution in [0.2, 0.25) is 0 Å². The van der Waals surface area contributed by atoms with Gasteiger partial charge in [-0.3, -0.25) is 9.59 Å². The standard InChI is InChI=1S/C12H11F3N2O3/c13-12(14,15)11(20)10(19)16-8(9(18)17-11)6-7-4-2-1-3-5-7/h1-5,8,20H,6H2,(H,16,19)(H,17,18)/t8-,11-/m0/s1. The first-order chi connectivity index (χ1) is 9.24. The highest BCUT2D eigenvalue weighted by atomic mass is 19.4. The molecule has 5 nitrogen and oxygen atoms in total. The number of alkyl halides is 3.